The summed E-state index contributed by atoms with van der Waals surface area (Å²) in [6, 6.07) is 12.6. The first-order valence-corrected chi connectivity index (χ1v) is 7.97. The van der Waals surface area contributed by atoms with Gasteiger partial charge < -0.3 is 20.3 Å². The van der Waals surface area contributed by atoms with Crippen LogP contribution >= 0.6 is 11.6 Å². The largest absolute Gasteiger partial charge is 0.495 e. The lowest BCUT2D eigenvalue weighted by molar-refractivity contribution is -0.116. The highest BCUT2D eigenvalue weighted by Gasteiger charge is 2.13. The van der Waals surface area contributed by atoms with Gasteiger partial charge in [0.1, 0.15) is 11.8 Å². The van der Waals surface area contributed by atoms with Crippen molar-refractivity contribution in [3.63, 3.8) is 0 Å². The SMILES string of the molecule is COc1ccc(N[C@@H](C)C(=O)Nc2ccc(N(C)C)cc2)cc1Cl. The maximum atomic E-state index is 12.3. The first kappa shape index (κ1) is 17.9. The van der Waals surface area contributed by atoms with Gasteiger partial charge in [-0.1, -0.05) is 11.6 Å². The van der Waals surface area contributed by atoms with Gasteiger partial charge in [-0.25, -0.2) is 0 Å². The Morgan fingerprint density at radius 2 is 1.75 bits per heavy atom. The minimum Gasteiger partial charge on any atom is -0.495 e. The molecule has 1 amide bonds. The molecular formula is C18H22ClN3O2. The molecule has 128 valence electrons. The summed E-state index contributed by atoms with van der Waals surface area (Å²) in [4.78, 5) is 14.3. The number of benzene rings is 2. The van der Waals surface area contributed by atoms with E-state index in [0.717, 1.165) is 17.1 Å². The van der Waals surface area contributed by atoms with Crippen LogP contribution in [0, 0.1) is 0 Å². The number of carbonyl (C=O) groups excluding carboxylic acids is 1. The van der Waals surface area contributed by atoms with Crippen molar-refractivity contribution in [3.8, 4) is 5.75 Å². The minimum atomic E-state index is -0.414. The number of carbonyl (C=O) groups is 1. The molecule has 0 fully saturated rings. The third kappa shape index (κ3) is 4.55. The lowest BCUT2D eigenvalue weighted by Gasteiger charge is -2.17. The maximum absolute atomic E-state index is 12.3. The van der Waals surface area contributed by atoms with Crippen LogP contribution in [0.3, 0.4) is 0 Å². The van der Waals surface area contributed by atoms with Crippen LogP contribution in [0.5, 0.6) is 5.75 Å². The Kier molecular flexibility index (Phi) is 5.93. The second-order valence-electron chi connectivity index (χ2n) is 5.65. The van der Waals surface area contributed by atoms with Crippen LogP contribution in [0.2, 0.25) is 5.02 Å². The molecule has 0 heterocycles. The monoisotopic (exact) mass is 347 g/mol. The maximum Gasteiger partial charge on any atom is 0.246 e. The summed E-state index contributed by atoms with van der Waals surface area (Å²) < 4.78 is 5.12. The van der Waals surface area contributed by atoms with E-state index >= 15 is 0 Å². The second-order valence-corrected chi connectivity index (χ2v) is 6.05. The van der Waals surface area contributed by atoms with Crippen LogP contribution < -0.4 is 20.3 Å². The molecule has 0 aliphatic heterocycles. The highest BCUT2D eigenvalue weighted by atomic mass is 35.5. The van der Waals surface area contributed by atoms with Gasteiger partial charge in [0.25, 0.3) is 0 Å². The quantitative estimate of drug-likeness (QED) is 0.833. The molecule has 6 heteroatoms. The van der Waals surface area contributed by atoms with E-state index in [-0.39, 0.29) is 5.91 Å². The Balaban J connectivity index is 1.97. The lowest BCUT2D eigenvalue weighted by Crippen LogP contribution is -2.31. The summed E-state index contributed by atoms with van der Waals surface area (Å²) in [5.74, 6) is 0.472. The average molecular weight is 348 g/mol. The van der Waals surface area contributed by atoms with Crippen molar-refractivity contribution in [1.82, 2.24) is 0 Å². The van der Waals surface area contributed by atoms with E-state index in [1.54, 1.807) is 26.2 Å². The van der Waals surface area contributed by atoms with Crippen LogP contribution in [-0.4, -0.2) is 33.2 Å². The number of ether oxygens (including phenoxy) is 1. The van der Waals surface area contributed by atoms with Crippen molar-refractivity contribution in [3.05, 3.63) is 47.5 Å². The van der Waals surface area contributed by atoms with Crippen LogP contribution in [-0.2, 0) is 4.79 Å². The molecule has 0 saturated heterocycles. The first-order valence-electron chi connectivity index (χ1n) is 7.59. The summed E-state index contributed by atoms with van der Waals surface area (Å²) in [6.45, 7) is 1.79. The van der Waals surface area contributed by atoms with E-state index in [4.69, 9.17) is 16.3 Å². The summed E-state index contributed by atoms with van der Waals surface area (Å²) >= 11 is 6.09. The van der Waals surface area contributed by atoms with E-state index in [0.29, 0.717) is 10.8 Å². The molecule has 0 aromatic heterocycles. The highest BCUT2D eigenvalue weighted by Crippen LogP contribution is 2.27. The number of halogens is 1. The number of nitrogens with zero attached hydrogens (tertiary/aromatic N) is 1. The number of amides is 1. The summed E-state index contributed by atoms with van der Waals surface area (Å²) in [6.07, 6.45) is 0. The Bertz CT molecular complexity index is 702. The van der Waals surface area contributed by atoms with Crippen LogP contribution in [0.4, 0.5) is 17.1 Å². The molecule has 2 aromatic carbocycles. The van der Waals surface area contributed by atoms with E-state index in [9.17, 15) is 4.79 Å². The summed E-state index contributed by atoms with van der Waals surface area (Å²) in [5.41, 5.74) is 2.59. The fourth-order valence-electron chi connectivity index (χ4n) is 2.17. The smallest absolute Gasteiger partial charge is 0.246 e. The molecular weight excluding hydrogens is 326 g/mol. The van der Waals surface area contributed by atoms with Crippen molar-refractivity contribution in [1.29, 1.82) is 0 Å². The van der Waals surface area contributed by atoms with Gasteiger partial charge in [0.05, 0.1) is 12.1 Å². The van der Waals surface area contributed by atoms with Gasteiger partial charge in [0.15, 0.2) is 0 Å². The van der Waals surface area contributed by atoms with Gasteiger partial charge in [-0.05, 0) is 49.4 Å². The molecule has 0 saturated carbocycles. The predicted octanol–water partition coefficient (Wildman–Crippen LogP) is 3.85. The summed E-state index contributed by atoms with van der Waals surface area (Å²) in [7, 11) is 5.51. The van der Waals surface area contributed by atoms with E-state index in [2.05, 4.69) is 10.6 Å². The third-order valence-electron chi connectivity index (χ3n) is 3.58. The topological polar surface area (TPSA) is 53.6 Å². The van der Waals surface area contributed by atoms with Gasteiger partial charge in [0.2, 0.25) is 5.91 Å². The molecule has 0 spiro atoms. The van der Waals surface area contributed by atoms with E-state index in [1.807, 2.05) is 49.3 Å². The van der Waals surface area contributed by atoms with Crippen molar-refractivity contribution in [2.75, 3.05) is 36.7 Å². The van der Waals surface area contributed by atoms with Crippen LogP contribution in [0.25, 0.3) is 0 Å². The zero-order valence-electron chi connectivity index (χ0n) is 14.3. The fraction of sp³-hybridized carbons (Fsp3) is 0.278. The average Bonchev–Trinajstić information content (AvgIpc) is 2.55. The minimum absolute atomic E-state index is 0.125. The molecule has 0 unspecified atom stereocenters. The van der Waals surface area contributed by atoms with Crippen LogP contribution in [0.15, 0.2) is 42.5 Å². The Labute approximate surface area is 147 Å². The molecule has 24 heavy (non-hydrogen) atoms. The van der Waals surface area contributed by atoms with Gasteiger partial charge >= 0.3 is 0 Å². The first-order chi connectivity index (χ1) is 11.4. The van der Waals surface area contributed by atoms with Crippen molar-refractivity contribution < 1.29 is 9.53 Å². The molecule has 0 aliphatic carbocycles. The molecule has 0 aliphatic rings. The van der Waals surface area contributed by atoms with Gasteiger partial charge in [-0.3, -0.25) is 4.79 Å². The molecule has 1 atom stereocenters. The van der Waals surface area contributed by atoms with Crippen molar-refractivity contribution >= 4 is 34.6 Å². The molecule has 2 N–H and O–H groups in total. The zero-order valence-corrected chi connectivity index (χ0v) is 15.0. The Morgan fingerprint density at radius 3 is 2.29 bits per heavy atom. The molecule has 0 radical (unpaired) electrons. The number of methoxy groups -OCH3 is 1. The highest BCUT2D eigenvalue weighted by molar-refractivity contribution is 6.32. The van der Waals surface area contributed by atoms with E-state index in [1.165, 1.54) is 0 Å². The number of hydrogen-bond acceptors (Lipinski definition) is 4. The van der Waals surface area contributed by atoms with Crippen LogP contribution in [0.1, 0.15) is 6.92 Å². The van der Waals surface area contributed by atoms with Crippen molar-refractivity contribution in [2.45, 2.75) is 13.0 Å². The second kappa shape index (κ2) is 7.93. The normalized spacial score (nSPS) is 11.5. The lowest BCUT2D eigenvalue weighted by atomic mass is 10.2. The van der Waals surface area contributed by atoms with Gasteiger partial charge in [-0.2, -0.15) is 0 Å². The van der Waals surface area contributed by atoms with Gasteiger partial charge in [0, 0.05) is 31.2 Å². The fourth-order valence-corrected chi connectivity index (χ4v) is 2.42. The number of nitrogens with one attached hydrogen (secondary N) is 2. The zero-order chi connectivity index (χ0) is 17.7. The molecule has 0 bridgehead atoms. The molecule has 2 rings (SSSR count). The number of hydrogen-bond donors (Lipinski definition) is 2. The number of anilines is 3. The van der Waals surface area contributed by atoms with Gasteiger partial charge in [-0.15, -0.1) is 0 Å². The van der Waals surface area contributed by atoms with Crippen molar-refractivity contribution in [2.24, 2.45) is 0 Å². The predicted molar refractivity (Wildman–Crippen MR) is 100 cm³/mol. The summed E-state index contributed by atoms with van der Waals surface area (Å²) in [5, 5.41) is 6.51. The Hall–Kier alpha value is -2.40. The molecule has 5 nitrogen and oxygen atoms in total. The standard InChI is InChI=1S/C18H22ClN3O2/c1-12(20-14-7-10-17(24-4)16(19)11-14)18(23)21-13-5-8-15(9-6-13)22(2)3/h5-12,20H,1-4H3,(H,21,23)/t12-/m0/s1. The third-order valence-corrected chi connectivity index (χ3v) is 3.87. The number of rotatable bonds is 6. The Morgan fingerprint density at radius 1 is 1.12 bits per heavy atom. The van der Waals surface area contributed by atoms with E-state index < -0.39 is 6.04 Å². The molecule has 2 aromatic rings.